The molecule has 1 amide bonds. The van der Waals surface area contributed by atoms with Crippen LogP contribution in [0.3, 0.4) is 0 Å². The topological polar surface area (TPSA) is 84.1 Å². The van der Waals surface area contributed by atoms with Gasteiger partial charge in [-0.25, -0.2) is 4.68 Å². The molecule has 1 N–H and O–H groups in total. The van der Waals surface area contributed by atoms with E-state index in [0.29, 0.717) is 29.4 Å². The molecule has 118 valence electrons. The molecule has 0 atom stereocenters. The van der Waals surface area contributed by atoms with Crippen LogP contribution < -0.4 is 0 Å². The lowest BCUT2D eigenvalue weighted by Gasteiger charge is -2.26. The van der Waals surface area contributed by atoms with Crippen LogP contribution in [-0.4, -0.2) is 48.7 Å². The summed E-state index contributed by atoms with van der Waals surface area (Å²) in [6, 6.07) is 4.34. The molecule has 8 heteroatoms. The van der Waals surface area contributed by atoms with E-state index in [2.05, 4.69) is 15.5 Å². The molecule has 0 aliphatic heterocycles. The monoisotopic (exact) mass is 323 g/mol. The van der Waals surface area contributed by atoms with Crippen molar-refractivity contribution in [2.24, 2.45) is 7.05 Å². The van der Waals surface area contributed by atoms with E-state index in [1.807, 2.05) is 13.8 Å². The molecule has 2 rings (SSSR count). The van der Waals surface area contributed by atoms with Crippen molar-refractivity contribution in [1.82, 2.24) is 25.1 Å². The Labute approximate surface area is 133 Å². The predicted octanol–water partition coefficient (Wildman–Crippen LogP) is 1.66. The van der Waals surface area contributed by atoms with Crippen LogP contribution in [0.25, 0.3) is 0 Å². The fraction of sp³-hybridized carbons (Fsp3) is 0.429. The van der Waals surface area contributed by atoms with Gasteiger partial charge in [0.1, 0.15) is 5.75 Å². The Morgan fingerprint density at radius 3 is 2.68 bits per heavy atom. The van der Waals surface area contributed by atoms with Gasteiger partial charge in [-0.3, -0.25) is 4.79 Å². The zero-order valence-corrected chi connectivity index (χ0v) is 13.4. The number of phenolic OH excluding ortho intramolecular Hbond substituents is 1. The van der Waals surface area contributed by atoms with Crippen LogP contribution in [0.2, 0.25) is 5.02 Å². The molecular weight excluding hydrogens is 306 g/mol. The van der Waals surface area contributed by atoms with Gasteiger partial charge in [0.25, 0.3) is 5.91 Å². The van der Waals surface area contributed by atoms with E-state index in [0.717, 1.165) is 0 Å². The van der Waals surface area contributed by atoms with Crippen molar-refractivity contribution in [2.45, 2.75) is 26.3 Å². The molecule has 1 heterocycles. The van der Waals surface area contributed by atoms with Crippen molar-refractivity contribution < 1.29 is 9.90 Å². The number of aryl methyl sites for hydroxylation is 1. The van der Waals surface area contributed by atoms with Gasteiger partial charge in [-0.05, 0) is 42.5 Å². The van der Waals surface area contributed by atoms with E-state index in [1.54, 1.807) is 22.7 Å². The molecule has 0 saturated heterocycles. The average molecular weight is 324 g/mol. The lowest BCUT2D eigenvalue weighted by atomic mass is 10.1. The molecule has 7 nitrogen and oxygen atoms in total. The molecule has 0 aliphatic carbocycles. The summed E-state index contributed by atoms with van der Waals surface area (Å²) >= 11 is 5.90. The summed E-state index contributed by atoms with van der Waals surface area (Å²) in [6.45, 7) is 4.33. The highest BCUT2D eigenvalue weighted by molar-refractivity contribution is 6.31. The Hall–Kier alpha value is -2.15. The van der Waals surface area contributed by atoms with Crippen LogP contribution in [0.15, 0.2) is 18.2 Å². The summed E-state index contributed by atoms with van der Waals surface area (Å²) in [7, 11) is 1.76. The van der Waals surface area contributed by atoms with Crippen molar-refractivity contribution in [1.29, 1.82) is 0 Å². The van der Waals surface area contributed by atoms with Crippen LogP contribution in [0, 0.1) is 0 Å². The second-order valence-electron chi connectivity index (χ2n) is 5.26. The minimum atomic E-state index is -0.192. The molecule has 2 aromatic rings. The summed E-state index contributed by atoms with van der Waals surface area (Å²) < 4.78 is 1.58. The fourth-order valence-corrected chi connectivity index (χ4v) is 2.37. The third kappa shape index (κ3) is 3.73. The Morgan fingerprint density at radius 2 is 2.14 bits per heavy atom. The highest BCUT2D eigenvalue weighted by Crippen LogP contribution is 2.21. The maximum atomic E-state index is 12.6. The summed E-state index contributed by atoms with van der Waals surface area (Å²) in [5.41, 5.74) is 0.356. The molecule has 0 fully saturated rings. The number of aromatic nitrogens is 4. The van der Waals surface area contributed by atoms with E-state index < -0.39 is 0 Å². The quantitative estimate of drug-likeness (QED) is 0.904. The molecule has 0 spiro atoms. The normalized spacial score (nSPS) is 11.0. The predicted molar refractivity (Wildman–Crippen MR) is 81.8 cm³/mol. The van der Waals surface area contributed by atoms with E-state index in [-0.39, 0.29) is 17.7 Å². The van der Waals surface area contributed by atoms with Crippen LogP contribution in [0.5, 0.6) is 5.75 Å². The van der Waals surface area contributed by atoms with Gasteiger partial charge in [0, 0.05) is 36.6 Å². The largest absolute Gasteiger partial charge is 0.508 e. The number of hydrogen-bond acceptors (Lipinski definition) is 5. The smallest absolute Gasteiger partial charge is 0.254 e. The highest BCUT2D eigenvalue weighted by Gasteiger charge is 2.20. The van der Waals surface area contributed by atoms with Crippen LogP contribution in [-0.2, 0) is 13.5 Å². The Bertz CT molecular complexity index is 651. The lowest BCUT2D eigenvalue weighted by molar-refractivity contribution is 0.0706. The van der Waals surface area contributed by atoms with Gasteiger partial charge in [-0.2, -0.15) is 0 Å². The van der Waals surface area contributed by atoms with Gasteiger partial charge in [-0.1, -0.05) is 11.6 Å². The van der Waals surface area contributed by atoms with E-state index in [1.165, 1.54) is 12.1 Å². The van der Waals surface area contributed by atoms with Crippen LogP contribution >= 0.6 is 11.6 Å². The van der Waals surface area contributed by atoms with Gasteiger partial charge in [0.05, 0.1) is 0 Å². The van der Waals surface area contributed by atoms with Gasteiger partial charge >= 0.3 is 0 Å². The molecular formula is C14H18ClN5O2. The maximum absolute atomic E-state index is 12.6. The number of carbonyl (C=O) groups excluding carboxylic acids is 1. The number of rotatable bonds is 5. The Balaban J connectivity index is 2.16. The molecule has 0 bridgehead atoms. The molecule has 1 aromatic heterocycles. The number of phenols is 1. The minimum absolute atomic E-state index is 0.00480. The highest BCUT2D eigenvalue weighted by atomic mass is 35.5. The lowest BCUT2D eigenvalue weighted by Crippen LogP contribution is -2.38. The zero-order chi connectivity index (χ0) is 16.3. The number of aromatic hydroxyl groups is 1. The Kier molecular flexibility index (Phi) is 4.97. The van der Waals surface area contributed by atoms with Crippen molar-refractivity contribution in [2.75, 3.05) is 6.54 Å². The number of hydrogen-bond donors (Lipinski definition) is 1. The first-order chi connectivity index (χ1) is 10.4. The van der Waals surface area contributed by atoms with Gasteiger partial charge in [-0.15, -0.1) is 5.10 Å². The number of amides is 1. The Morgan fingerprint density at radius 1 is 1.41 bits per heavy atom. The molecule has 22 heavy (non-hydrogen) atoms. The summed E-state index contributed by atoms with van der Waals surface area (Å²) in [6.07, 6.45) is 0.542. The number of nitrogens with zero attached hydrogens (tertiary/aromatic N) is 5. The molecule has 0 saturated carbocycles. The zero-order valence-electron chi connectivity index (χ0n) is 12.7. The van der Waals surface area contributed by atoms with Gasteiger partial charge < -0.3 is 10.0 Å². The first-order valence-corrected chi connectivity index (χ1v) is 7.28. The van der Waals surface area contributed by atoms with Crippen LogP contribution in [0.4, 0.5) is 0 Å². The summed E-state index contributed by atoms with van der Waals surface area (Å²) in [5, 5.41) is 21.2. The molecule has 0 unspecified atom stereocenters. The van der Waals surface area contributed by atoms with Crippen LogP contribution in [0.1, 0.15) is 30.0 Å². The summed E-state index contributed by atoms with van der Waals surface area (Å²) in [5.74, 6) is 0.479. The standard InChI is InChI=1S/C14H18ClN5O2/c1-9(2)20(5-4-13-16-17-18-19(13)3)14(22)10-6-11(15)8-12(21)7-10/h6-9,21H,4-5H2,1-3H3. The fourth-order valence-electron chi connectivity index (χ4n) is 2.14. The van der Waals surface area contributed by atoms with Crippen molar-refractivity contribution in [3.05, 3.63) is 34.6 Å². The maximum Gasteiger partial charge on any atom is 0.254 e. The van der Waals surface area contributed by atoms with E-state index >= 15 is 0 Å². The van der Waals surface area contributed by atoms with Crippen molar-refractivity contribution in [3.8, 4) is 5.75 Å². The molecule has 0 radical (unpaired) electrons. The second kappa shape index (κ2) is 6.74. The second-order valence-corrected chi connectivity index (χ2v) is 5.70. The van der Waals surface area contributed by atoms with Gasteiger partial charge in [0.15, 0.2) is 5.82 Å². The number of tetrazole rings is 1. The third-order valence-electron chi connectivity index (χ3n) is 3.30. The number of benzene rings is 1. The first kappa shape index (κ1) is 16.2. The number of carbonyl (C=O) groups is 1. The summed E-state index contributed by atoms with van der Waals surface area (Å²) in [4.78, 5) is 14.3. The van der Waals surface area contributed by atoms with E-state index in [9.17, 15) is 9.90 Å². The van der Waals surface area contributed by atoms with Gasteiger partial charge in [0.2, 0.25) is 0 Å². The third-order valence-corrected chi connectivity index (χ3v) is 3.52. The first-order valence-electron chi connectivity index (χ1n) is 6.90. The van der Waals surface area contributed by atoms with E-state index in [4.69, 9.17) is 11.6 Å². The molecule has 1 aromatic carbocycles. The average Bonchev–Trinajstić information content (AvgIpc) is 2.83. The SMILES string of the molecule is CC(C)N(CCc1nnnn1C)C(=O)c1cc(O)cc(Cl)c1. The van der Waals surface area contributed by atoms with Crippen molar-refractivity contribution in [3.63, 3.8) is 0 Å². The van der Waals surface area contributed by atoms with Crippen molar-refractivity contribution >= 4 is 17.5 Å². The number of halogens is 1. The minimum Gasteiger partial charge on any atom is -0.508 e. The molecule has 0 aliphatic rings.